The summed E-state index contributed by atoms with van der Waals surface area (Å²) < 4.78 is 27.5. The van der Waals surface area contributed by atoms with Gasteiger partial charge >= 0.3 is 0 Å². The zero-order valence-electron chi connectivity index (χ0n) is 17.3. The minimum atomic E-state index is -3.69. The highest BCUT2D eigenvalue weighted by Gasteiger charge is 2.31. The number of nitrogens with zero attached hydrogens (tertiary/aromatic N) is 3. The van der Waals surface area contributed by atoms with Gasteiger partial charge in [0.25, 0.3) is 0 Å². The third kappa shape index (κ3) is 4.61. The van der Waals surface area contributed by atoms with E-state index < -0.39 is 10.0 Å². The number of sulfonamides is 1. The standard InChI is InChI=1S/C22H23Cl2N3O2S2/c1-15-5-3-6-16(2)18(15)13-17-14-30-22(25-17)26-9-11-27(12-10-26)31(28,29)20-8-4-7-19(23)21(20)24/h3-8,14H,9-13H2,1-2H3. The first kappa shape index (κ1) is 22.6. The molecule has 1 saturated heterocycles. The van der Waals surface area contributed by atoms with E-state index in [1.807, 2.05) is 0 Å². The quantitative estimate of drug-likeness (QED) is 0.489. The molecular formula is C22H23Cl2N3O2S2. The van der Waals surface area contributed by atoms with E-state index in [2.05, 4.69) is 42.3 Å². The number of anilines is 1. The Bertz CT molecular complexity index is 1180. The Kier molecular flexibility index (Phi) is 6.60. The molecule has 1 aliphatic rings. The second kappa shape index (κ2) is 9.08. The van der Waals surface area contributed by atoms with E-state index in [0.717, 1.165) is 17.2 Å². The second-order valence-corrected chi connectivity index (χ2v) is 11.1. The molecule has 1 aromatic heterocycles. The summed E-state index contributed by atoms with van der Waals surface area (Å²) in [4.78, 5) is 7.02. The molecule has 4 rings (SSSR count). The van der Waals surface area contributed by atoms with Crippen LogP contribution in [0.25, 0.3) is 0 Å². The SMILES string of the molecule is Cc1cccc(C)c1Cc1csc(N2CCN(S(=O)(=O)c3cccc(Cl)c3Cl)CC2)n1. The van der Waals surface area contributed by atoms with Gasteiger partial charge in [0.1, 0.15) is 4.90 Å². The minimum Gasteiger partial charge on any atom is -0.345 e. The molecule has 0 radical (unpaired) electrons. The van der Waals surface area contributed by atoms with Gasteiger partial charge in [0.05, 0.1) is 15.7 Å². The van der Waals surface area contributed by atoms with E-state index in [9.17, 15) is 8.42 Å². The zero-order chi connectivity index (χ0) is 22.2. The summed E-state index contributed by atoms with van der Waals surface area (Å²) in [6.07, 6.45) is 0.802. The Labute approximate surface area is 197 Å². The van der Waals surface area contributed by atoms with Crippen molar-refractivity contribution in [1.82, 2.24) is 9.29 Å². The smallest absolute Gasteiger partial charge is 0.244 e. The molecular weight excluding hydrogens is 473 g/mol. The van der Waals surface area contributed by atoms with Gasteiger partial charge in [-0.3, -0.25) is 0 Å². The second-order valence-electron chi connectivity index (χ2n) is 7.61. The van der Waals surface area contributed by atoms with Crippen molar-refractivity contribution in [3.8, 4) is 0 Å². The lowest BCUT2D eigenvalue weighted by atomic mass is 9.99. The first-order valence-corrected chi connectivity index (χ1v) is 13.0. The molecule has 3 aromatic rings. The monoisotopic (exact) mass is 495 g/mol. The fraction of sp³-hybridized carbons (Fsp3) is 0.318. The van der Waals surface area contributed by atoms with Crippen molar-refractivity contribution in [2.45, 2.75) is 25.2 Å². The molecule has 5 nitrogen and oxygen atoms in total. The van der Waals surface area contributed by atoms with Crippen LogP contribution in [0.4, 0.5) is 5.13 Å². The van der Waals surface area contributed by atoms with Crippen LogP contribution in [0.15, 0.2) is 46.7 Å². The number of hydrogen-bond donors (Lipinski definition) is 0. The van der Waals surface area contributed by atoms with Crippen LogP contribution in [0.1, 0.15) is 22.4 Å². The zero-order valence-corrected chi connectivity index (χ0v) is 20.5. The van der Waals surface area contributed by atoms with Gasteiger partial charge in [-0.2, -0.15) is 4.31 Å². The van der Waals surface area contributed by atoms with Crippen LogP contribution in [0.2, 0.25) is 10.0 Å². The maximum absolute atomic E-state index is 13.0. The molecule has 0 amide bonds. The molecule has 1 aliphatic heterocycles. The Balaban J connectivity index is 1.44. The van der Waals surface area contributed by atoms with Gasteiger partial charge in [0.15, 0.2) is 5.13 Å². The summed E-state index contributed by atoms with van der Waals surface area (Å²) in [5, 5.41) is 3.33. The lowest BCUT2D eigenvalue weighted by Gasteiger charge is -2.34. The Hall–Kier alpha value is -1.64. The first-order chi connectivity index (χ1) is 14.8. The molecule has 0 unspecified atom stereocenters. The van der Waals surface area contributed by atoms with Gasteiger partial charge in [-0.25, -0.2) is 13.4 Å². The molecule has 2 heterocycles. The summed E-state index contributed by atoms with van der Waals surface area (Å²) in [5.74, 6) is 0. The predicted molar refractivity (Wildman–Crippen MR) is 128 cm³/mol. The van der Waals surface area contributed by atoms with Crippen LogP contribution in [-0.2, 0) is 16.4 Å². The third-order valence-electron chi connectivity index (χ3n) is 5.59. The van der Waals surface area contributed by atoms with Crippen LogP contribution >= 0.6 is 34.5 Å². The lowest BCUT2D eigenvalue weighted by molar-refractivity contribution is 0.384. The molecule has 0 saturated carbocycles. The minimum absolute atomic E-state index is 0.0558. The van der Waals surface area contributed by atoms with Crippen molar-refractivity contribution in [2.24, 2.45) is 0 Å². The molecule has 0 aliphatic carbocycles. The van der Waals surface area contributed by atoms with E-state index in [0.29, 0.717) is 26.2 Å². The highest BCUT2D eigenvalue weighted by molar-refractivity contribution is 7.89. The van der Waals surface area contributed by atoms with Gasteiger partial charge in [-0.05, 0) is 42.7 Å². The van der Waals surface area contributed by atoms with E-state index in [1.165, 1.54) is 27.1 Å². The normalized spacial score (nSPS) is 15.4. The van der Waals surface area contributed by atoms with Crippen LogP contribution in [0.3, 0.4) is 0 Å². The number of benzene rings is 2. The Morgan fingerprint density at radius 2 is 1.65 bits per heavy atom. The van der Waals surface area contributed by atoms with E-state index >= 15 is 0 Å². The fourth-order valence-corrected chi connectivity index (χ4v) is 6.81. The molecule has 0 atom stereocenters. The maximum Gasteiger partial charge on any atom is 0.244 e. The number of rotatable bonds is 5. The van der Waals surface area contributed by atoms with Crippen LogP contribution in [0, 0.1) is 13.8 Å². The van der Waals surface area contributed by atoms with Crippen molar-refractivity contribution in [2.75, 3.05) is 31.1 Å². The Morgan fingerprint density at radius 1 is 1.00 bits per heavy atom. The van der Waals surface area contributed by atoms with Crippen molar-refractivity contribution in [1.29, 1.82) is 0 Å². The number of piperazine rings is 1. The molecule has 164 valence electrons. The van der Waals surface area contributed by atoms with Crippen molar-refractivity contribution < 1.29 is 8.42 Å². The van der Waals surface area contributed by atoms with E-state index in [1.54, 1.807) is 23.5 Å². The number of thiazole rings is 1. The highest BCUT2D eigenvalue weighted by atomic mass is 35.5. The fourth-order valence-electron chi connectivity index (χ4n) is 3.77. The van der Waals surface area contributed by atoms with Crippen molar-refractivity contribution in [3.63, 3.8) is 0 Å². The van der Waals surface area contributed by atoms with Gasteiger partial charge in [-0.15, -0.1) is 11.3 Å². The molecule has 0 bridgehead atoms. The molecule has 1 fully saturated rings. The highest BCUT2D eigenvalue weighted by Crippen LogP contribution is 2.32. The molecule has 0 N–H and O–H groups in total. The average molecular weight is 496 g/mol. The molecule has 9 heteroatoms. The summed E-state index contributed by atoms with van der Waals surface area (Å²) in [6, 6.07) is 11.0. The largest absolute Gasteiger partial charge is 0.345 e. The number of halogens is 2. The first-order valence-electron chi connectivity index (χ1n) is 9.96. The van der Waals surface area contributed by atoms with Crippen LogP contribution in [0.5, 0.6) is 0 Å². The predicted octanol–water partition coefficient (Wildman–Crippen LogP) is 5.17. The van der Waals surface area contributed by atoms with E-state index in [-0.39, 0.29) is 14.9 Å². The molecule has 31 heavy (non-hydrogen) atoms. The number of aromatic nitrogens is 1. The number of hydrogen-bond acceptors (Lipinski definition) is 5. The lowest BCUT2D eigenvalue weighted by Crippen LogP contribution is -2.48. The van der Waals surface area contributed by atoms with E-state index in [4.69, 9.17) is 28.2 Å². The van der Waals surface area contributed by atoms with Gasteiger partial charge in [-0.1, -0.05) is 47.5 Å². The van der Waals surface area contributed by atoms with Crippen molar-refractivity contribution in [3.05, 3.63) is 74.2 Å². The van der Waals surface area contributed by atoms with Crippen LogP contribution < -0.4 is 4.90 Å². The average Bonchev–Trinajstić information content (AvgIpc) is 3.21. The van der Waals surface area contributed by atoms with Gasteiger partial charge < -0.3 is 4.90 Å². The van der Waals surface area contributed by atoms with Gasteiger partial charge in [0, 0.05) is 38.0 Å². The topological polar surface area (TPSA) is 53.5 Å². The van der Waals surface area contributed by atoms with Crippen molar-refractivity contribution >= 4 is 49.7 Å². The maximum atomic E-state index is 13.0. The summed E-state index contributed by atoms with van der Waals surface area (Å²) in [7, 11) is -3.69. The number of aryl methyl sites for hydroxylation is 2. The molecule has 0 spiro atoms. The molecule has 2 aromatic carbocycles. The van der Waals surface area contributed by atoms with Crippen LogP contribution in [-0.4, -0.2) is 43.9 Å². The summed E-state index contributed by atoms with van der Waals surface area (Å²) >= 11 is 13.8. The van der Waals surface area contributed by atoms with Gasteiger partial charge in [0.2, 0.25) is 10.0 Å². The summed E-state index contributed by atoms with van der Waals surface area (Å²) in [5.41, 5.74) is 4.90. The Morgan fingerprint density at radius 3 is 2.32 bits per heavy atom. The summed E-state index contributed by atoms with van der Waals surface area (Å²) in [6.45, 7) is 6.15. The third-order valence-corrected chi connectivity index (χ3v) is 9.41.